The van der Waals surface area contributed by atoms with Crippen LogP contribution in [0.5, 0.6) is 11.5 Å². The number of halogens is 1. The topological polar surface area (TPSA) is 77.3 Å². The molecular formula is C21H26IN3O4. The Balaban J connectivity index is 0.00000300. The molecule has 0 fully saturated rings. The van der Waals surface area contributed by atoms with Crippen LogP contribution in [0.2, 0.25) is 0 Å². The first-order chi connectivity index (χ1) is 13.8. The number of anilines is 1. The Morgan fingerprint density at radius 3 is 2.86 bits per heavy atom. The Kier molecular flexibility index (Phi) is 10.2. The first-order valence-electron chi connectivity index (χ1n) is 9.34. The van der Waals surface area contributed by atoms with Crippen molar-refractivity contribution in [3.05, 3.63) is 42.4 Å². The summed E-state index contributed by atoms with van der Waals surface area (Å²) < 4.78 is 22.2. The quantitative estimate of drug-likeness (QED) is 0.185. The summed E-state index contributed by atoms with van der Waals surface area (Å²) in [5.41, 5.74) is 0.849. The first-order valence-corrected chi connectivity index (χ1v) is 9.34. The highest BCUT2D eigenvalue weighted by molar-refractivity contribution is 14.0. The first kappa shape index (κ1) is 22.9. The van der Waals surface area contributed by atoms with Gasteiger partial charge in [-0.05, 0) is 30.7 Å². The Morgan fingerprint density at radius 2 is 2.07 bits per heavy atom. The van der Waals surface area contributed by atoms with E-state index in [2.05, 4.69) is 21.5 Å². The highest BCUT2D eigenvalue weighted by Crippen LogP contribution is 2.32. The summed E-state index contributed by atoms with van der Waals surface area (Å²) >= 11 is 0. The largest absolute Gasteiger partial charge is 0.490 e. The van der Waals surface area contributed by atoms with Gasteiger partial charge in [-0.1, -0.05) is 5.92 Å². The van der Waals surface area contributed by atoms with Gasteiger partial charge in [0, 0.05) is 31.3 Å². The average molecular weight is 511 g/mol. The van der Waals surface area contributed by atoms with Crippen LogP contribution in [-0.4, -0.2) is 38.9 Å². The minimum atomic E-state index is 0. The number of aliphatic imine (C=N–C) groups is 1. The number of ether oxygens (including phenoxy) is 3. The number of nitrogens with one attached hydrogen (secondary N) is 2. The normalized spacial score (nSPS) is 13.0. The number of benzene rings is 1. The summed E-state index contributed by atoms with van der Waals surface area (Å²) in [6, 6.07) is 9.45. The summed E-state index contributed by atoms with van der Waals surface area (Å²) in [5.74, 6) is 5.47. The van der Waals surface area contributed by atoms with E-state index in [-0.39, 0.29) is 24.0 Å². The van der Waals surface area contributed by atoms with Crippen molar-refractivity contribution in [3.63, 3.8) is 0 Å². The number of hydrogen-bond acceptors (Lipinski definition) is 5. The Bertz CT molecular complexity index is 803. The molecule has 0 saturated heterocycles. The lowest BCUT2D eigenvalue weighted by Crippen LogP contribution is -2.31. The van der Waals surface area contributed by atoms with Crippen molar-refractivity contribution in [2.24, 2.45) is 4.99 Å². The van der Waals surface area contributed by atoms with Gasteiger partial charge in [0.2, 0.25) is 0 Å². The maximum atomic E-state index is 5.73. The Morgan fingerprint density at radius 1 is 1.21 bits per heavy atom. The summed E-state index contributed by atoms with van der Waals surface area (Å²) in [6.07, 6.45) is 8.65. The predicted octanol–water partition coefficient (Wildman–Crippen LogP) is 3.66. The molecule has 0 unspecified atom stereocenters. The lowest BCUT2D eigenvalue weighted by molar-refractivity contribution is 0.105. The van der Waals surface area contributed by atoms with E-state index < -0.39 is 0 Å². The van der Waals surface area contributed by atoms with Gasteiger partial charge in [-0.3, -0.25) is 4.99 Å². The monoisotopic (exact) mass is 511 g/mol. The van der Waals surface area contributed by atoms with Crippen molar-refractivity contribution < 1.29 is 18.6 Å². The maximum Gasteiger partial charge on any atom is 0.196 e. The molecule has 1 aromatic heterocycles. The van der Waals surface area contributed by atoms with Gasteiger partial charge in [0.15, 0.2) is 17.5 Å². The van der Waals surface area contributed by atoms with Gasteiger partial charge >= 0.3 is 0 Å². The van der Waals surface area contributed by atoms with Crippen molar-refractivity contribution in [2.75, 3.05) is 38.2 Å². The van der Waals surface area contributed by atoms with Crippen LogP contribution < -0.4 is 20.1 Å². The summed E-state index contributed by atoms with van der Waals surface area (Å²) in [6.45, 7) is 3.35. The van der Waals surface area contributed by atoms with E-state index in [1.54, 1.807) is 6.26 Å². The van der Waals surface area contributed by atoms with Gasteiger partial charge in [-0.15, -0.1) is 30.4 Å². The number of hydrogen-bond donors (Lipinski definition) is 2. The molecule has 1 aliphatic rings. The molecule has 2 N–H and O–H groups in total. The van der Waals surface area contributed by atoms with Gasteiger partial charge in [-0.25, -0.2) is 0 Å². The fourth-order valence-corrected chi connectivity index (χ4v) is 2.58. The van der Waals surface area contributed by atoms with E-state index in [1.165, 1.54) is 0 Å². The van der Waals surface area contributed by atoms with Gasteiger partial charge in [0.1, 0.15) is 12.4 Å². The summed E-state index contributed by atoms with van der Waals surface area (Å²) in [4.78, 5) is 4.55. The molecule has 1 aromatic carbocycles. The van der Waals surface area contributed by atoms with Gasteiger partial charge in [-0.2, -0.15) is 0 Å². The third-order valence-corrected chi connectivity index (χ3v) is 3.91. The van der Waals surface area contributed by atoms with Crippen LogP contribution in [0.25, 0.3) is 0 Å². The van der Waals surface area contributed by atoms with Crippen LogP contribution in [0, 0.1) is 12.3 Å². The molecule has 0 aliphatic carbocycles. The molecule has 3 rings (SSSR count). The molecule has 0 radical (unpaired) electrons. The zero-order valence-corrected chi connectivity index (χ0v) is 18.5. The van der Waals surface area contributed by atoms with Crippen molar-refractivity contribution in [2.45, 2.75) is 19.4 Å². The number of fused-ring (bicyclic) bond motifs is 1. The molecule has 0 atom stereocenters. The zero-order chi connectivity index (χ0) is 19.4. The molecule has 2 heterocycles. The van der Waals surface area contributed by atoms with Crippen LogP contribution in [0.1, 0.15) is 18.6 Å². The second kappa shape index (κ2) is 13.0. The minimum Gasteiger partial charge on any atom is -0.490 e. The van der Waals surface area contributed by atoms with E-state index in [1.807, 2.05) is 30.3 Å². The molecule has 1 aliphatic heterocycles. The molecule has 0 bridgehead atoms. The lowest BCUT2D eigenvalue weighted by Gasteiger charge is -2.13. The number of terminal acetylenes is 1. The van der Waals surface area contributed by atoms with Crippen LogP contribution in [0.4, 0.5) is 5.69 Å². The Labute approximate surface area is 188 Å². The van der Waals surface area contributed by atoms with Crippen molar-refractivity contribution in [3.8, 4) is 23.8 Å². The van der Waals surface area contributed by atoms with Gasteiger partial charge < -0.3 is 29.3 Å². The van der Waals surface area contributed by atoms with E-state index in [4.69, 9.17) is 25.1 Å². The molecule has 0 amide bonds. The van der Waals surface area contributed by atoms with Gasteiger partial charge in [0.05, 0.1) is 26.0 Å². The molecule has 8 heteroatoms. The second-order valence-corrected chi connectivity index (χ2v) is 6.11. The van der Waals surface area contributed by atoms with E-state index in [9.17, 15) is 0 Å². The highest BCUT2D eigenvalue weighted by atomic mass is 127. The molecular weight excluding hydrogens is 485 g/mol. The SMILES string of the molecule is C#CCNC(=NCCCOCc1ccco1)Nc1ccc2c(c1)OCCCO2.I. The fourth-order valence-electron chi connectivity index (χ4n) is 2.58. The molecule has 2 aromatic rings. The third kappa shape index (κ3) is 7.87. The summed E-state index contributed by atoms with van der Waals surface area (Å²) in [7, 11) is 0. The fraction of sp³-hybridized carbons (Fsp3) is 0.381. The van der Waals surface area contributed by atoms with Crippen LogP contribution in [0.3, 0.4) is 0 Å². The smallest absolute Gasteiger partial charge is 0.196 e. The minimum absolute atomic E-state index is 0. The standard InChI is InChI=1S/C21H25N3O4.HI/c1-2-9-22-21(23-10-4-11-25-16-18-6-3-12-26-18)24-17-7-8-19-20(15-17)28-14-5-13-27-19;/h1,3,6-8,12,15H,4-5,9-11,13-14,16H2,(H2,22,23,24);1H. The lowest BCUT2D eigenvalue weighted by atomic mass is 10.3. The Hall–Kier alpha value is -2.38. The van der Waals surface area contributed by atoms with Crippen molar-refractivity contribution in [1.29, 1.82) is 0 Å². The zero-order valence-electron chi connectivity index (χ0n) is 16.2. The van der Waals surface area contributed by atoms with E-state index in [0.29, 0.717) is 45.5 Å². The van der Waals surface area contributed by atoms with Crippen molar-refractivity contribution >= 4 is 35.6 Å². The number of guanidine groups is 1. The highest BCUT2D eigenvalue weighted by Gasteiger charge is 2.11. The molecule has 156 valence electrons. The number of furan rings is 1. The summed E-state index contributed by atoms with van der Waals surface area (Å²) in [5, 5.41) is 6.35. The third-order valence-electron chi connectivity index (χ3n) is 3.91. The molecule has 7 nitrogen and oxygen atoms in total. The van der Waals surface area contributed by atoms with Crippen LogP contribution >= 0.6 is 24.0 Å². The molecule has 0 spiro atoms. The van der Waals surface area contributed by atoms with Crippen LogP contribution in [-0.2, 0) is 11.3 Å². The van der Waals surface area contributed by atoms with E-state index >= 15 is 0 Å². The maximum absolute atomic E-state index is 5.73. The van der Waals surface area contributed by atoms with Crippen molar-refractivity contribution in [1.82, 2.24) is 5.32 Å². The molecule has 29 heavy (non-hydrogen) atoms. The average Bonchev–Trinajstić information content (AvgIpc) is 3.12. The predicted molar refractivity (Wildman–Crippen MR) is 123 cm³/mol. The second-order valence-electron chi connectivity index (χ2n) is 6.11. The number of rotatable bonds is 8. The molecule has 0 saturated carbocycles. The van der Waals surface area contributed by atoms with E-state index in [0.717, 1.165) is 35.8 Å². The number of nitrogens with zero attached hydrogens (tertiary/aromatic N) is 1. The van der Waals surface area contributed by atoms with Crippen LogP contribution in [0.15, 0.2) is 46.0 Å². The van der Waals surface area contributed by atoms with Gasteiger partial charge in [0.25, 0.3) is 0 Å².